The molecule has 0 amide bonds. The van der Waals surface area contributed by atoms with Gasteiger partial charge in [-0.1, -0.05) is 25.7 Å². The van der Waals surface area contributed by atoms with Crippen LogP contribution >= 0.6 is 0 Å². The average molecular weight is 386 g/mol. The molecule has 1 aromatic carbocycles. The van der Waals surface area contributed by atoms with Crippen molar-refractivity contribution in [1.82, 2.24) is 0 Å². The first-order chi connectivity index (χ1) is 12.9. The molecule has 1 aromatic rings. The molecule has 2 heterocycles. The number of ether oxygens (including phenoxy) is 4. The fourth-order valence-corrected chi connectivity index (χ4v) is 6.76. The Balaban J connectivity index is 1.96. The quantitative estimate of drug-likeness (QED) is 0.745. The summed E-state index contributed by atoms with van der Waals surface area (Å²) < 4.78 is 23.7. The summed E-state index contributed by atoms with van der Waals surface area (Å²) in [7, 11) is 1.63. The van der Waals surface area contributed by atoms with Crippen LogP contribution in [0, 0.1) is 17.2 Å². The van der Waals surface area contributed by atoms with Crippen LogP contribution in [0.15, 0.2) is 29.2 Å². The number of fused-ring (bicyclic) bond motifs is 2. The second kappa shape index (κ2) is 6.37. The Morgan fingerprint density at radius 1 is 1.30 bits per heavy atom. The van der Waals surface area contributed by atoms with E-state index in [9.17, 15) is 5.26 Å². The van der Waals surface area contributed by atoms with E-state index in [4.69, 9.17) is 18.9 Å². The summed E-state index contributed by atoms with van der Waals surface area (Å²) in [5.74, 6) is 0.774. The first-order valence-electron chi connectivity index (χ1n) is 9.46. The molecule has 3 aliphatic rings. The summed E-state index contributed by atoms with van der Waals surface area (Å²) in [6.45, 7) is 7.77. The van der Waals surface area contributed by atoms with Crippen molar-refractivity contribution in [1.29, 1.82) is 5.26 Å². The van der Waals surface area contributed by atoms with Gasteiger partial charge in [0.25, 0.3) is 0 Å². The Morgan fingerprint density at radius 2 is 2.07 bits per heavy atom. The topological polar surface area (TPSA) is 60.7 Å². The molecular formula is C21H27NO4Si. The number of benzene rings is 1. The maximum atomic E-state index is 10.5. The fourth-order valence-electron chi connectivity index (χ4n) is 5.06. The van der Waals surface area contributed by atoms with Gasteiger partial charge >= 0.3 is 0 Å². The summed E-state index contributed by atoms with van der Waals surface area (Å²) in [5.41, 5.74) is 2.52. The molecule has 2 aliphatic heterocycles. The van der Waals surface area contributed by atoms with Gasteiger partial charge in [-0.2, -0.15) is 5.26 Å². The summed E-state index contributed by atoms with van der Waals surface area (Å²) in [4.78, 5) is 0. The van der Waals surface area contributed by atoms with E-state index in [1.807, 2.05) is 12.1 Å². The number of nitrogens with zero attached hydrogens (tertiary/aromatic N) is 1. The highest BCUT2D eigenvalue weighted by molar-refractivity contribution is 6.82. The average Bonchev–Trinajstić information content (AvgIpc) is 3.03. The molecule has 0 bridgehead atoms. The van der Waals surface area contributed by atoms with Crippen molar-refractivity contribution >= 4 is 8.07 Å². The summed E-state index contributed by atoms with van der Waals surface area (Å²) in [6, 6.07) is 8.71. The molecule has 0 radical (unpaired) electrons. The van der Waals surface area contributed by atoms with Crippen LogP contribution in [0.3, 0.4) is 0 Å². The van der Waals surface area contributed by atoms with Crippen molar-refractivity contribution in [3.05, 3.63) is 40.3 Å². The SMILES string of the molecule is COCC1OCC2=C([Si](C)(C)C)O[C@@H]3Cc4ccc(OC)cc4C1(C#N)[C@H]23. The molecular weight excluding hydrogens is 358 g/mol. The van der Waals surface area contributed by atoms with Crippen LogP contribution in [0.4, 0.5) is 0 Å². The van der Waals surface area contributed by atoms with E-state index in [-0.39, 0.29) is 18.1 Å². The van der Waals surface area contributed by atoms with Gasteiger partial charge < -0.3 is 18.9 Å². The van der Waals surface area contributed by atoms with Crippen molar-refractivity contribution < 1.29 is 18.9 Å². The molecule has 144 valence electrons. The smallest absolute Gasteiger partial charge is 0.122 e. The van der Waals surface area contributed by atoms with Gasteiger partial charge in [0.05, 0.1) is 31.8 Å². The van der Waals surface area contributed by atoms with E-state index in [0.717, 1.165) is 28.7 Å². The van der Waals surface area contributed by atoms with Crippen molar-refractivity contribution in [2.45, 2.75) is 43.7 Å². The molecule has 0 spiro atoms. The number of rotatable bonds is 4. The monoisotopic (exact) mass is 385 g/mol. The summed E-state index contributed by atoms with van der Waals surface area (Å²) in [6.07, 6.45) is 0.468. The lowest BCUT2D eigenvalue weighted by molar-refractivity contribution is -0.0774. The molecule has 4 atom stereocenters. The number of nitriles is 1. The molecule has 0 N–H and O–H groups in total. The Morgan fingerprint density at radius 3 is 2.70 bits per heavy atom. The Hall–Kier alpha value is -1.81. The van der Waals surface area contributed by atoms with Crippen LogP contribution in [0.1, 0.15) is 11.1 Å². The molecule has 0 aromatic heterocycles. The molecule has 27 heavy (non-hydrogen) atoms. The van der Waals surface area contributed by atoms with E-state index >= 15 is 0 Å². The molecule has 6 heteroatoms. The van der Waals surface area contributed by atoms with Crippen molar-refractivity contribution in [2.24, 2.45) is 5.92 Å². The van der Waals surface area contributed by atoms with Crippen LogP contribution < -0.4 is 4.74 Å². The summed E-state index contributed by atoms with van der Waals surface area (Å²) in [5, 5.41) is 11.7. The van der Waals surface area contributed by atoms with Crippen LogP contribution in [-0.2, 0) is 26.0 Å². The molecule has 1 saturated heterocycles. The first-order valence-corrected chi connectivity index (χ1v) is 13.0. The second-order valence-electron chi connectivity index (χ2n) is 8.70. The van der Waals surface area contributed by atoms with Crippen molar-refractivity contribution in [3.8, 4) is 11.8 Å². The molecule has 0 saturated carbocycles. The highest BCUT2D eigenvalue weighted by atomic mass is 28.3. The largest absolute Gasteiger partial charge is 0.499 e. The van der Waals surface area contributed by atoms with Crippen molar-refractivity contribution in [2.75, 3.05) is 27.4 Å². The van der Waals surface area contributed by atoms with Crippen LogP contribution in [0.2, 0.25) is 19.6 Å². The third kappa shape index (κ3) is 2.56. The Bertz CT molecular complexity index is 838. The highest BCUT2D eigenvalue weighted by Crippen LogP contribution is 2.56. The molecule has 2 unspecified atom stereocenters. The zero-order chi connectivity index (χ0) is 19.4. The summed E-state index contributed by atoms with van der Waals surface area (Å²) >= 11 is 0. The van der Waals surface area contributed by atoms with E-state index < -0.39 is 13.5 Å². The van der Waals surface area contributed by atoms with Gasteiger partial charge in [0.1, 0.15) is 31.4 Å². The minimum Gasteiger partial charge on any atom is -0.499 e. The standard InChI is InChI=1S/C21H27NO4Si/c1-23-11-18-21(12-22)16-9-14(24-2)7-6-13(16)8-17-19(21)15(10-25-18)20(26-17)27(3,4)5/h6-7,9,17-19H,8,10-11H2,1-5H3/t17-,18?,19-,21?/m1/s1. The lowest BCUT2D eigenvalue weighted by Gasteiger charge is -2.49. The Labute approximate surface area is 161 Å². The second-order valence-corrected chi connectivity index (χ2v) is 13.7. The third-order valence-corrected chi connectivity index (χ3v) is 7.92. The van der Waals surface area contributed by atoms with Gasteiger partial charge in [-0.05, 0) is 28.8 Å². The third-order valence-electron chi connectivity index (χ3n) is 6.11. The minimum absolute atomic E-state index is 0.00877. The van der Waals surface area contributed by atoms with Gasteiger partial charge in [-0.15, -0.1) is 0 Å². The first kappa shape index (κ1) is 18.5. The molecule has 1 fully saturated rings. The maximum absolute atomic E-state index is 10.5. The normalized spacial score (nSPS) is 31.6. The van der Waals surface area contributed by atoms with Gasteiger partial charge in [-0.25, -0.2) is 0 Å². The lowest BCUT2D eigenvalue weighted by Crippen LogP contribution is -2.58. The Kier molecular flexibility index (Phi) is 4.37. The van der Waals surface area contributed by atoms with Gasteiger partial charge in [-0.3, -0.25) is 0 Å². The molecule has 4 rings (SSSR count). The van der Waals surface area contributed by atoms with E-state index in [1.54, 1.807) is 14.2 Å². The predicted octanol–water partition coefficient (Wildman–Crippen LogP) is 3.20. The number of methoxy groups -OCH3 is 2. The predicted molar refractivity (Wildman–Crippen MR) is 104 cm³/mol. The lowest BCUT2D eigenvalue weighted by atomic mass is 9.57. The highest BCUT2D eigenvalue weighted by Gasteiger charge is 2.62. The zero-order valence-electron chi connectivity index (χ0n) is 16.7. The number of hydrogen-bond acceptors (Lipinski definition) is 5. The van der Waals surface area contributed by atoms with Gasteiger partial charge in [0.15, 0.2) is 0 Å². The molecule has 1 aliphatic carbocycles. The maximum Gasteiger partial charge on any atom is 0.122 e. The van der Waals surface area contributed by atoms with E-state index in [2.05, 4.69) is 31.8 Å². The fraction of sp³-hybridized carbons (Fsp3) is 0.571. The molecule has 5 nitrogen and oxygen atoms in total. The van der Waals surface area contributed by atoms with Gasteiger partial charge in [0.2, 0.25) is 0 Å². The van der Waals surface area contributed by atoms with Crippen LogP contribution in [0.5, 0.6) is 5.75 Å². The van der Waals surface area contributed by atoms with Gasteiger partial charge in [0, 0.05) is 19.4 Å². The zero-order valence-corrected chi connectivity index (χ0v) is 17.7. The van der Waals surface area contributed by atoms with E-state index in [0.29, 0.717) is 13.2 Å². The van der Waals surface area contributed by atoms with E-state index in [1.165, 1.54) is 5.57 Å². The minimum atomic E-state index is -1.69. The van der Waals surface area contributed by atoms with Crippen molar-refractivity contribution in [3.63, 3.8) is 0 Å². The van der Waals surface area contributed by atoms with Crippen LogP contribution in [-0.4, -0.2) is 47.7 Å². The number of hydrogen-bond donors (Lipinski definition) is 0. The van der Waals surface area contributed by atoms with Crippen LogP contribution in [0.25, 0.3) is 0 Å².